The molecule has 1 amide bonds. The maximum atomic E-state index is 12.2. The molecule has 0 unspecified atom stereocenters. The molecule has 1 aliphatic rings. The second-order valence-electron chi connectivity index (χ2n) is 7.94. The second-order valence-corrected chi connectivity index (χ2v) is 7.94. The smallest absolute Gasteiger partial charge is 0.309 e. The number of aryl methyl sites for hydroxylation is 1. The van der Waals surface area contributed by atoms with Gasteiger partial charge in [0.15, 0.2) is 6.61 Å². The van der Waals surface area contributed by atoms with Crippen LogP contribution in [0.15, 0.2) is 24.3 Å². The Kier molecular flexibility index (Phi) is 6.03. The van der Waals surface area contributed by atoms with E-state index >= 15 is 0 Å². The van der Waals surface area contributed by atoms with Gasteiger partial charge in [0, 0.05) is 5.69 Å². The highest BCUT2D eigenvalue weighted by Gasteiger charge is 2.33. The van der Waals surface area contributed by atoms with Crippen molar-refractivity contribution in [3.8, 4) is 0 Å². The summed E-state index contributed by atoms with van der Waals surface area (Å²) in [5, 5.41) is 2.74. The lowest BCUT2D eigenvalue weighted by Gasteiger charge is -2.36. The number of rotatable bonds is 4. The van der Waals surface area contributed by atoms with Crippen molar-refractivity contribution < 1.29 is 14.3 Å². The number of carbonyl (C=O) groups is 2. The highest BCUT2D eigenvalue weighted by Crippen LogP contribution is 2.40. The van der Waals surface area contributed by atoms with Crippen molar-refractivity contribution in [3.63, 3.8) is 0 Å². The Morgan fingerprint density at radius 2 is 1.67 bits per heavy atom. The lowest BCUT2D eigenvalue weighted by Crippen LogP contribution is -2.31. The van der Waals surface area contributed by atoms with Crippen LogP contribution in [0.5, 0.6) is 0 Å². The highest BCUT2D eigenvalue weighted by atomic mass is 16.5. The predicted octanol–water partition coefficient (Wildman–Crippen LogP) is 4.33. The molecule has 1 N–H and O–H groups in total. The maximum Gasteiger partial charge on any atom is 0.309 e. The number of hydrogen-bond acceptors (Lipinski definition) is 3. The minimum atomic E-state index is -0.296. The maximum absolute atomic E-state index is 12.2. The first kappa shape index (κ1) is 18.5. The zero-order valence-electron chi connectivity index (χ0n) is 15.2. The van der Waals surface area contributed by atoms with E-state index in [1.54, 1.807) is 0 Å². The van der Waals surface area contributed by atoms with Crippen molar-refractivity contribution in [1.82, 2.24) is 0 Å². The summed E-state index contributed by atoms with van der Waals surface area (Å²) in [5.74, 6) is 0.0687. The largest absolute Gasteiger partial charge is 0.455 e. The van der Waals surface area contributed by atoms with Gasteiger partial charge in [0.25, 0.3) is 5.91 Å². The van der Waals surface area contributed by atoms with E-state index < -0.39 is 0 Å². The molecule has 4 heteroatoms. The first-order valence-corrected chi connectivity index (χ1v) is 8.79. The van der Waals surface area contributed by atoms with Crippen LogP contribution in [0.1, 0.15) is 52.0 Å². The van der Waals surface area contributed by atoms with E-state index in [-0.39, 0.29) is 24.4 Å². The molecule has 0 spiro atoms. The van der Waals surface area contributed by atoms with Gasteiger partial charge in [0.2, 0.25) is 0 Å². The molecule has 1 saturated carbocycles. The summed E-state index contributed by atoms with van der Waals surface area (Å²) in [6.07, 6.45) is 3.83. The van der Waals surface area contributed by atoms with Crippen LogP contribution in [-0.4, -0.2) is 18.5 Å². The molecule has 1 aromatic carbocycles. The molecular weight excluding hydrogens is 302 g/mol. The molecule has 1 fully saturated rings. The monoisotopic (exact) mass is 331 g/mol. The average Bonchev–Trinajstić information content (AvgIpc) is 2.54. The molecule has 0 heterocycles. The number of amides is 1. The molecule has 0 radical (unpaired) electrons. The van der Waals surface area contributed by atoms with Crippen LogP contribution in [0.3, 0.4) is 0 Å². The van der Waals surface area contributed by atoms with Gasteiger partial charge in [-0.25, -0.2) is 0 Å². The molecule has 2 rings (SSSR count). The fraction of sp³-hybridized carbons (Fsp3) is 0.600. The first-order valence-electron chi connectivity index (χ1n) is 8.79. The third-order valence-electron chi connectivity index (χ3n) is 4.97. The number of ether oxygens (including phenoxy) is 1. The van der Waals surface area contributed by atoms with E-state index in [1.807, 2.05) is 31.2 Å². The number of anilines is 1. The van der Waals surface area contributed by atoms with Crippen molar-refractivity contribution in [2.24, 2.45) is 17.3 Å². The number of benzene rings is 1. The van der Waals surface area contributed by atoms with Gasteiger partial charge < -0.3 is 10.1 Å². The SMILES string of the molecule is Cc1ccc(NC(=O)COC(=O)C2CCC(C(C)(C)C)CC2)cc1. The molecule has 0 aliphatic heterocycles. The molecule has 132 valence electrons. The molecule has 4 nitrogen and oxygen atoms in total. The van der Waals surface area contributed by atoms with Gasteiger partial charge in [-0.1, -0.05) is 38.5 Å². The van der Waals surface area contributed by atoms with Crippen molar-refractivity contribution in [3.05, 3.63) is 29.8 Å². The lowest BCUT2D eigenvalue weighted by molar-refractivity contribution is -0.153. The van der Waals surface area contributed by atoms with E-state index in [9.17, 15) is 9.59 Å². The molecule has 0 atom stereocenters. The number of carbonyl (C=O) groups excluding carboxylic acids is 2. The fourth-order valence-electron chi connectivity index (χ4n) is 3.28. The van der Waals surface area contributed by atoms with Crippen molar-refractivity contribution in [1.29, 1.82) is 0 Å². The van der Waals surface area contributed by atoms with Gasteiger partial charge in [-0.05, 0) is 56.1 Å². The topological polar surface area (TPSA) is 55.4 Å². The number of nitrogens with one attached hydrogen (secondary N) is 1. The Hall–Kier alpha value is -1.84. The molecule has 24 heavy (non-hydrogen) atoms. The third kappa shape index (κ3) is 5.36. The minimum absolute atomic E-state index is 0.0595. The highest BCUT2D eigenvalue weighted by molar-refractivity contribution is 5.92. The van der Waals surface area contributed by atoms with Crippen LogP contribution < -0.4 is 5.32 Å². The van der Waals surface area contributed by atoms with Gasteiger partial charge >= 0.3 is 5.97 Å². The quantitative estimate of drug-likeness (QED) is 0.836. The van der Waals surface area contributed by atoms with Crippen LogP contribution >= 0.6 is 0 Å². The third-order valence-corrected chi connectivity index (χ3v) is 4.97. The Morgan fingerprint density at radius 1 is 1.08 bits per heavy atom. The zero-order valence-corrected chi connectivity index (χ0v) is 15.2. The molecular formula is C20H29NO3. The van der Waals surface area contributed by atoms with Crippen LogP contribution in [0.25, 0.3) is 0 Å². The van der Waals surface area contributed by atoms with Gasteiger partial charge in [-0.15, -0.1) is 0 Å². The van der Waals surface area contributed by atoms with Crippen LogP contribution in [0, 0.1) is 24.2 Å². The Morgan fingerprint density at radius 3 is 2.21 bits per heavy atom. The summed E-state index contributed by atoms with van der Waals surface area (Å²) >= 11 is 0. The Bertz CT molecular complexity index is 564. The number of esters is 1. The van der Waals surface area contributed by atoms with Crippen molar-refractivity contribution in [2.45, 2.75) is 53.4 Å². The summed E-state index contributed by atoms with van der Waals surface area (Å²) in [5.41, 5.74) is 2.14. The molecule has 1 aliphatic carbocycles. The zero-order chi connectivity index (χ0) is 17.7. The standard InChI is InChI=1S/C20H29NO3/c1-14-5-11-17(12-6-14)21-18(22)13-24-19(23)15-7-9-16(10-8-15)20(2,3)4/h5-6,11-12,15-16H,7-10,13H2,1-4H3,(H,21,22). The van der Waals surface area contributed by atoms with E-state index in [0.717, 1.165) is 31.2 Å². The van der Waals surface area contributed by atoms with Crippen molar-refractivity contribution in [2.75, 3.05) is 11.9 Å². The summed E-state index contributed by atoms with van der Waals surface area (Å²) in [4.78, 5) is 24.0. The molecule has 0 bridgehead atoms. The molecule has 1 aromatic rings. The lowest BCUT2D eigenvalue weighted by atomic mass is 9.70. The fourth-order valence-corrected chi connectivity index (χ4v) is 3.28. The van der Waals surface area contributed by atoms with Gasteiger partial charge in [-0.2, -0.15) is 0 Å². The normalized spacial score (nSPS) is 21.2. The molecule has 0 aromatic heterocycles. The average molecular weight is 331 g/mol. The summed E-state index contributed by atoms with van der Waals surface area (Å²) in [6.45, 7) is 8.54. The van der Waals surface area contributed by atoms with Crippen molar-refractivity contribution >= 4 is 17.6 Å². The van der Waals surface area contributed by atoms with Gasteiger partial charge in [-0.3, -0.25) is 9.59 Å². The Balaban J connectivity index is 1.73. The van der Waals surface area contributed by atoms with Crippen LogP contribution in [0.4, 0.5) is 5.69 Å². The van der Waals surface area contributed by atoms with E-state index in [0.29, 0.717) is 17.0 Å². The van der Waals surface area contributed by atoms with Crippen LogP contribution in [-0.2, 0) is 14.3 Å². The van der Waals surface area contributed by atoms with Gasteiger partial charge in [0.05, 0.1) is 5.92 Å². The second kappa shape index (κ2) is 7.82. The minimum Gasteiger partial charge on any atom is -0.455 e. The Labute approximate surface area is 145 Å². The summed E-state index contributed by atoms with van der Waals surface area (Å²) < 4.78 is 5.21. The van der Waals surface area contributed by atoms with Gasteiger partial charge in [0.1, 0.15) is 0 Å². The van der Waals surface area contributed by atoms with Crippen LogP contribution in [0.2, 0.25) is 0 Å². The van der Waals surface area contributed by atoms with E-state index in [2.05, 4.69) is 26.1 Å². The summed E-state index contributed by atoms with van der Waals surface area (Å²) in [7, 11) is 0. The van der Waals surface area contributed by atoms with E-state index in [1.165, 1.54) is 0 Å². The van der Waals surface area contributed by atoms with E-state index in [4.69, 9.17) is 4.74 Å². The molecule has 0 saturated heterocycles. The number of hydrogen-bond donors (Lipinski definition) is 1. The summed E-state index contributed by atoms with van der Waals surface area (Å²) in [6, 6.07) is 7.52. The first-order chi connectivity index (χ1) is 11.3. The predicted molar refractivity (Wildman–Crippen MR) is 95.7 cm³/mol.